The smallest absolute Gasteiger partial charge is 0.279 e. The number of aromatic amines is 1. The van der Waals surface area contributed by atoms with Gasteiger partial charge >= 0.3 is 0 Å². The highest BCUT2D eigenvalue weighted by Gasteiger charge is 2.14. The summed E-state index contributed by atoms with van der Waals surface area (Å²) in [6.45, 7) is 3.27. The Hall–Kier alpha value is -3.07. The summed E-state index contributed by atoms with van der Waals surface area (Å²) in [5.74, 6) is 0. The van der Waals surface area contributed by atoms with Crippen LogP contribution in [0.3, 0.4) is 0 Å². The molecule has 0 bridgehead atoms. The Labute approximate surface area is 147 Å². The summed E-state index contributed by atoms with van der Waals surface area (Å²) in [7, 11) is 1.75. The lowest BCUT2D eigenvalue weighted by Gasteiger charge is -2.08. The van der Waals surface area contributed by atoms with E-state index in [1.807, 2.05) is 30.3 Å². The maximum Gasteiger partial charge on any atom is 0.296 e. The zero-order chi connectivity index (χ0) is 18.1. The first-order valence-corrected chi connectivity index (χ1v) is 7.89. The average molecular weight is 356 g/mol. The van der Waals surface area contributed by atoms with Gasteiger partial charge in [0.1, 0.15) is 5.69 Å². The van der Waals surface area contributed by atoms with Gasteiger partial charge in [0.25, 0.3) is 11.1 Å². The predicted molar refractivity (Wildman–Crippen MR) is 97.2 cm³/mol. The summed E-state index contributed by atoms with van der Waals surface area (Å²) in [6.07, 6.45) is 1.45. The van der Waals surface area contributed by atoms with Crippen molar-refractivity contribution in [3.05, 3.63) is 72.8 Å². The largest absolute Gasteiger partial charge is 0.296 e. The first kappa shape index (κ1) is 16.8. The van der Waals surface area contributed by atoms with Crippen LogP contribution in [0.5, 0.6) is 0 Å². The van der Waals surface area contributed by atoms with Crippen LogP contribution in [0.4, 0.5) is 0 Å². The normalized spacial score (nSPS) is 11.3. The summed E-state index contributed by atoms with van der Waals surface area (Å²) in [5.41, 5.74) is 1.52. The number of aryl methyl sites for hydroxylation is 1. The summed E-state index contributed by atoms with van der Waals surface area (Å²) < 4.78 is 4.35. The monoisotopic (exact) mass is 356 g/mol. The van der Waals surface area contributed by atoms with Crippen LogP contribution < -0.4 is 11.1 Å². The third-order valence-corrected chi connectivity index (χ3v) is 4.12. The van der Waals surface area contributed by atoms with Crippen molar-refractivity contribution in [1.82, 2.24) is 24.2 Å². The van der Waals surface area contributed by atoms with Crippen LogP contribution in [0.1, 0.15) is 17.0 Å². The summed E-state index contributed by atoms with van der Waals surface area (Å²) >= 11 is 5.05. The molecule has 9 heteroatoms. The maximum atomic E-state index is 12.6. The zero-order valence-corrected chi connectivity index (χ0v) is 14.7. The minimum Gasteiger partial charge on any atom is -0.279 e. The van der Waals surface area contributed by atoms with Gasteiger partial charge in [0.2, 0.25) is 4.77 Å². The van der Waals surface area contributed by atoms with Crippen molar-refractivity contribution in [2.24, 2.45) is 12.1 Å². The lowest BCUT2D eigenvalue weighted by atomic mass is 10.3. The molecule has 0 amide bonds. The highest BCUT2D eigenvalue weighted by atomic mass is 32.1. The van der Waals surface area contributed by atoms with Gasteiger partial charge in [-0.15, -0.1) is 0 Å². The summed E-state index contributed by atoms with van der Waals surface area (Å²) in [4.78, 5) is 24.7. The number of H-pyrrole nitrogens is 1. The van der Waals surface area contributed by atoms with Gasteiger partial charge in [-0.2, -0.15) is 14.9 Å². The molecule has 0 saturated carbocycles. The molecule has 0 unspecified atom stereocenters. The van der Waals surface area contributed by atoms with Gasteiger partial charge < -0.3 is 0 Å². The van der Waals surface area contributed by atoms with E-state index in [2.05, 4.69) is 15.3 Å². The van der Waals surface area contributed by atoms with Crippen molar-refractivity contribution in [3.63, 3.8) is 0 Å². The van der Waals surface area contributed by atoms with Crippen molar-refractivity contribution in [2.75, 3.05) is 0 Å². The van der Waals surface area contributed by atoms with Crippen molar-refractivity contribution < 1.29 is 0 Å². The molecule has 3 rings (SSSR count). The Morgan fingerprint density at radius 1 is 1.16 bits per heavy atom. The molecule has 0 aliphatic heterocycles. The molecule has 0 spiro atoms. The average Bonchev–Trinajstić information content (AvgIpc) is 2.82. The first-order valence-electron chi connectivity index (χ1n) is 7.48. The van der Waals surface area contributed by atoms with E-state index in [0.717, 1.165) is 10.4 Å². The fraction of sp³-hybridized carbons (Fsp3) is 0.188. The van der Waals surface area contributed by atoms with Crippen LogP contribution in [0.2, 0.25) is 0 Å². The molecular weight excluding hydrogens is 340 g/mol. The van der Waals surface area contributed by atoms with Crippen molar-refractivity contribution >= 4 is 18.4 Å². The lowest BCUT2D eigenvalue weighted by Crippen LogP contribution is -2.23. The minimum atomic E-state index is -0.412. The number of para-hydroxylation sites is 1. The molecule has 0 radical (unpaired) electrons. The third kappa shape index (κ3) is 2.89. The number of benzene rings is 1. The molecular formula is C16H16N6O2S. The molecule has 1 aromatic carbocycles. The SMILES string of the molecule is Cc1n[nH]c(=S)n(N=Cc2c(C)c(=O)n(-c3ccccc3)n2C)c1=O. The fourth-order valence-corrected chi connectivity index (χ4v) is 2.66. The highest BCUT2D eigenvalue weighted by molar-refractivity contribution is 7.71. The van der Waals surface area contributed by atoms with Crippen LogP contribution in [0.25, 0.3) is 5.69 Å². The Kier molecular flexibility index (Phi) is 4.32. The van der Waals surface area contributed by atoms with E-state index >= 15 is 0 Å². The quantitative estimate of drug-likeness (QED) is 0.566. The molecule has 0 atom stereocenters. The highest BCUT2D eigenvalue weighted by Crippen LogP contribution is 2.08. The predicted octanol–water partition coefficient (Wildman–Crippen LogP) is 1.29. The zero-order valence-electron chi connectivity index (χ0n) is 13.9. The third-order valence-electron chi connectivity index (χ3n) is 3.86. The van der Waals surface area contributed by atoms with Crippen LogP contribution in [-0.2, 0) is 7.05 Å². The van der Waals surface area contributed by atoms with E-state index in [9.17, 15) is 9.59 Å². The first-order chi connectivity index (χ1) is 11.9. The number of aromatic nitrogens is 5. The van der Waals surface area contributed by atoms with E-state index in [1.54, 1.807) is 25.6 Å². The van der Waals surface area contributed by atoms with E-state index in [1.165, 1.54) is 10.9 Å². The molecule has 2 heterocycles. The Balaban J connectivity index is 2.15. The van der Waals surface area contributed by atoms with Gasteiger partial charge in [0.05, 0.1) is 17.6 Å². The Morgan fingerprint density at radius 2 is 1.84 bits per heavy atom. The molecule has 1 N–H and O–H groups in total. The molecule has 25 heavy (non-hydrogen) atoms. The molecule has 128 valence electrons. The van der Waals surface area contributed by atoms with Crippen LogP contribution in [0.15, 0.2) is 45.0 Å². The maximum absolute atomic E-state index is 12.6. The second kappa shape index (κ2) is 6.44. The van der Waals surface area contributed by atoms with Crippen LogP contribution in [-0.4, -0.2) is 30.5 Å². The molecule has 2 aromatic heterocycles. The topological polar surface area (TPSA) is 90.0 Å². The molecule has 0 aliphatic rings. The Morgan fingerprint density at radius 3 is 2.52 bits per heavy atom. The molecule has 0 aliphatic carbocycles. The number of hydrogen-bond acceptors (Lipinski definition) is 5. The van der Waals surface area contributed by atoms with E-state index in [4.69, 9.17) is 12.2 Å². The van der Waals surface area contributed by atoms with Crippen molar-refractivity contribution in [1.29, 1.82) is 0 Å². The van der Waals surface area contributed by atoms with E-state index < -0.39 is 5.56 Å². The van der Waals surface area contributed by atoms with Crippen LogP contribution in [0, 0.1) is 18.6 Å². The summed E-state index contributed by atoms with van der Waals surface area (Å²) in [6, 6.07) is 9.28. The number of nitrogens with zero attached hydrogens (tertiary/aromatic N) is 5. The van der Waals surface area contributed by atoms with E-state index in [-0.39, 0.29) is 16.0 Å². The molecule has 0 fully saturated rings. The van der Waals surface area contributed by atoms with Crippen molar-refractivity contribution in [2.45, 2.75) is 13.8 Å². The number of nitrogens with one attached hydrogen (secondary N) is 1. The number of hydrogen-bond donors (Lipinski definition) is 1. The molecule has 0 saturated heterocycles. The van der Waals surface area contributed by atoms with Gasteiger partial charge in [-0.05, 0) is 38.2 Å². The van der Waals surface area contributed by atoms with Gasteiger partial charge in [-0.1, -0.05) is 18.2 Å². The minimum absolute atomic E-state index is 0.0806. The summed E-state index contributed by atoms with van der Waals surface area (Å²) in [5, 5.41) is 10.5. The van der Waals surface area contributed by atoms with E-state index in [0.29, 0.717) is 11.3 Å². The van der Waals surface area contributed by atoms with Gasteiger partial charge in [0.15, 0.2) is 0 Å². The second-order valence-corrected chi connectivity index (χ2v) is 5.85. The second-order valence-electron chi connectivity index (χ2n) is 5.46. The Bertz CT molecular complexity index is 1130. The van der Waals surface area contributed by atoms with Gasteiger partial charge in [-0.3, -0.25) is 19.4 Å². The molecule has 8 nitrogen and oxygen atoms in total. The molecule has 3 aromatic rings. The van der Waals surface area contributed by atoms with Crippen LogP contribution >= 0.6 is 12.2 Å². The fourth-order valence-electron chi connectivity index (χ4n) is 2.48. The standard InChI is InChI=1S/C16H16N6O2S/c1-10-13(9-17-21-15(24)11(2)18-19-16(21)25)20(3)22(14(10)23)12-7-5-4-6-8-12/h4-9H,1-3H3,(H,19,25). The lowest BCUT2D eigenvalue weighted by molar-refractivity contribution is 0.641. The van der Waals surface area contributed by atoms with Gasteiger partial charge in [0, 0.05) is 12.6 Å². The van der Waals surface area contributed by atoms with Crippen molar-refractivity contribution in [3.8, 4) is 5.69 Å². The van der Waals surface area contributed by atoms with Gasteiger partial charge in [-0.25, -0.2) is 4.68 Å². The number of rotatable bonds is 3.